The highest BCUT2D eigenvalue weighted by Gasteiger charge is 1.99. The predicted molar refractivity (Wildman–Crippen MR) is 21.3 cm³/mol. The molecule has 0 aromatic rings. The van der Waals surface area contributed by atoms with Gasteiger partial charge in [-0.2, -0.15) is 0 Å². The normalized spacial score (nSPS) is 26.7. The number of carboxylic acids is 1. The molecule has 0 saturated carbocycles. The Hall–Kier alpha value is -0.570. The summed E-state index contributed by atoms with van der Waals surface area (Å²) in [5.41, 5.74) is 4.69. The first kappa shape index (κ1) is 1.93. The van der Waals surface area contributed by atoms with Gasteiger partial charge in [-0.25, -0.2) is 0 Å². The first-order valence-electron chi connectivity index (χ1n) is 2.91. The summed E-state index contributed by atoms with van der Waals surface area (Å²) in [6.45, 7) is -1.87. The Morgan fingerprint density at radius 2 is 3.00 bits per heavy atom. The van der Waals surface area contributed by atoms with E-state index in [4.69, 9.17) is 15.0 Å². The van der Waals surface area contributed by atoms with Gasteiger partial charge in [0, 0.05) is 2.74 Å². The molecule has 0 amide bonds. The molecule has 36 valence electrons. The maximum Gasteiger partial charge on any atom is 0.320 e. The van der Waals surface area contributed by atoms with Gasteiger partial charge < -0.3 is 10.8 Å². The van der Waals surface area contributed by atoms with Crippen LogP contribution in [-0.4, -0.2) is 17.1 Å². The Morgan fingerprint density at radius 1 is 2.50 bits per heavy atom. The Balaban J connectivity index is 4.19. The number of aliphatic carboxylic acids is 1. The highest BCUT2D eigenvalue weighted by atomic mass is 16.4. The zero-order valence-electron chi connectivity index (χ0n) is 6.01. The van der Waals surface area contributed by atoms with Crippen LogP contribution in [0.15, 0.2) is 0 Å². The van der Waals surface area contributed by atoms with Gasteiger partial charge >= 0.3 is 5.97 Å². The standard InChI is InChI=1S/C3H7NO2/c1-2(4)3(5)6/h2H,4H2,1H3,(H,5,6)/t2-/m0/s1/i1+1D2,2D. The molecular formula is C3H7NO2. The lowest BCUT2D eigenvalue weighted by Gasteiger charge is -1.90. The van der Waals surface area contributed by atoms with Gasteiger partial charge in [0.2, 0.25) is 0 Å². The smallest absolute Gasteiger partial charge is 0.320 e. The number of rotatable bonds is 1. The molecule has 3 nitrogen and oxygen atoms in total. The molecule has 0 aromatic carbocycles. The van der Waals surface area contributed by atoms with E-state index in [1.807, 2.05) is 0 Å². The van der Waals surface area contributed by atoms with Gasteiger partial charge in [0.1, 0.15) is 6.02 Å². The number of hydrogen-bond donors (Lipinski definition) is 2. The van der Waals surface area contributed by atoms with Crippen LogP contribution in [0.5, 0.6) is 0 Å². The van der Waals surface area contributed by atoms with Gasteiger partial charge in [0.05, 0.1) is 1.37 Å². The monoisotopic (exact) mass is 93.1 g/mol. The SMILES string of the molecule is [2H][13CH]([2H])[C@]([2H])(N)C(=O)O. The number of hydrogen-bond acceptors (Lipinski definition) is 2. The van der Waals surface area contributed by atoms with Gasteiger partial charge in [-0.15, -0.1) is 0 Å². The summed E-state index contributed by atoms with van der Waals surface area (Å²) in [6.07, 6.45) is 0. The van der Waals surface area contributed by atoms with E-state index in [1.165, 1.54) is 0 Å². The summed E-state index contributed by atoms with van der Waals surface area (Å²) in [5.74, 6) is -1.66. The molecular weight excluding hydrogens is 83.0 g/mol. The topological polar surface area (TPSA) is 63.3 Å². The Labute approximate surface area is 40.0 Å². The second-order valence-electron chi connectivity index (χ2n) is 0.760. The molecule has 0 aliphatic carbocycles. The van der Waals surface area contributed by atoms with Crippen molar-refractivity contribution in [1.29, 1.82) is 0 Å². The van der Waals surface area contributed by atoms with Crippen LogP contribution < -0.4 is 5.73 Å². The van der Waals surface area contributed by atoms with Crippen LogP contribution >= 0.6 is 0 Å². The van der Waals surface area contributed by atoms with E-state index in [-0.39, 0.29) is 0 Å². The van der Waals surface area contributed by atoms with Crippen LogP contribution in [-0.2, 0) is 4.79 Å². The zero-order chi connectivity index (χ0) is 7.65. The highest BCUT2D eigenvalue weighted by molar-refractivity contribution is 5.72. The van der Waals surface area contributed by atoms with Crippen molar-refractivity contribution < 1.29 is 14.0 Å². The van der Waals surface area contributed by atoms with E-state index in [0.29, 0.717) is 0 Å². The summed E-state index contributed by atoms with van der Waals surface area (Å²) in [6, 6.07) is -2.50. The third kappa shape index (κ3) is 1.72. The van der Waals surface area contributed by atoms with E-state index < -0.39 is 18.9 Å². The third-order valence-electron chi connectivity index (χ3n) is 0.247. The van der Waals surface area contributed by atoms with Crippen LogP contribution in [0.3, 0.4) is 0 Å². The van der Waals surface area contributed by atoms with Crippen molar-refractivity contribution >= 4 is 5.97 Å². The lowest BCUT2D eigenvalue weighted by molar-refractivity contribution is -0.138. The van der Waals surface area contributed by atoms with Crippen molar-refractivity contribution in [1.82, 2.24) is 0 Å². The van der Waals surface area contributed by atoms with E-state index in [0.717, 1.165) is 0 Å². The van der Waals surface area contributed by atoms with Crippen molar-refractivity contribution in [3.8, 4) is 0 Å². The van der Waals surface area contributed by atoms with Crippen LogP contribution in [0.4, 0.5) is 0 Å². The van der Waals surface area contributed by atoms with Gasteiger partial charge in [0.15, 0.2) is 0 Å². The van der Waals surface area contributed by atoms with Crippen molar-refractivity contribution in [3.05, 3.63) is 0 Å². The van der Waals surface area contributed by atoms with Gasteiger partial charge in [-0.3, -0.25) is 4.79 Å². The van der Waals surface area contributed by atoms with Crippen molar-refractivity contribution in [2.24, 2.45) is 5.73 Å². The van der Waals surface area contributed by atoms with Crippen molar-refractivity contribution in [2.75, 3.05) is 0 Å². The fourth-order valence-corrected chi connectivity index (χ4v) is 0. The van der Waals surface area contributed by atoms with Crippen LogP contribution in [0, 0.1) is 0 Å². The Morgan fingerprint density at radius 3 is 3.00 bits per heavy atom. The molecule has 0 saturated heterocycles. The number of carboxylic acid groups (broad SMARTS) is 1. The molecule has 0 heterocycles. The third-order valence-corrected chi connectivity index (χ3v) is 0.247. The maximum atomic E-state index is 9.91. The minimum Gasteiger partial charge on any atom is -0.480 e. The average molecular weight is 93.1 g/mol. The maximum absolute atomic E-state index is 9.91. The summed E-state index contributed by atoms with van der Waals surface area (Å²) in [4.78, 5) is 9.91. The van der Waals surface area contributed by atoms with E-state index >= 15 is 0 Å². The molecule has 0 aliphatic heterocycles. The number of nitrogens with two attached hydrogens (primary N) is 1. The molecule has 0 unspecified atom stereocenters. The molecule has 0 fully saturated rings. The fourth-order valence-electron chi connectivity index (χ4n) is 0. The minimum absolute atomic E-state index is 1.66. The summed E-state index contributed by atoms with van der Waals surface area (Å²) < 4.78 is 19.6. The van der Waals surface area contributed by atoms with Gasteiger partial charge in [-0.05, 0) is 6.88 Å². The summed E-state index contributed by atoms with van der Waals surface area (Å²) >= 11 is 0. The van der Waals surface area contributed by atoms with Crippen LogP contribution in [0.2, 0.25) is 0 Å². The van der Waals surface area contributed by atoms with Gasteiger partial charge in [-0.1, -0.05) is 0 Å². The Kier molecular flexibility index (Phi) is 0.569. The molecule has 3 N–H and O–H groups in total. The predicted octanol–water partition coefficient (Wildman–Crippen LogP) is -0.582. The lowest BCUT2D eigenvalue weighted by atomic mass is 10.5. The molecule has 0 radical (unpaired) electrons. The molecule has 0 aromatic heterocycles. The average Bonchev–Trinajstić information content (AvgIpc) is 1.65. The van der Waals surface area contributed by atoms with Crippen molar-refractivity contribution in [2.45, 2.75) is 12.9 Å². The fraction of sp³-hybridized carbons (Fsp3) is 0.667. The highest BCUT2D eigenvalue weighted by Crippen LogP contribution is 1.68. The summed E-state index contributed by atoms with van der Waals surface area (Å²) in [7, 11) is 0. The lowest BCUT2D eigenvalue weighted by Crippen LogP contribution is -2.25. The van der Waals surface area contributed by atoms with Crippen LogP contribution in [0.25, 0.3) is 0 Å². The first-order chi connectivity index (χ1) is 3.89. The second kappa shape index (κ2) is 1.77. The quantitative estimate of drug-likeness (QED) is 0.426. The molecule has 3 heteroatoms. The molecule has 6 heavy (non-hydrogen) atoms. The molecule has 0 aliphatic rings. The van der Waals surface area contributed by atoms with Crippen molar-refractivity contribution in [3.63, 3.8) is 0 Å². The molecule has 0 bridgehead atoms. The zero-order valence-corrected chi connectivity index (χ0v) is 3.01. The molecule has 0 rings (SSSR count). The molecule has 0 spiro atoms. The summed E-state index contributed by atoms with van der Waals surface area (Å²) in [5, 5.41) is 8.06. The van der Waals surface area contributed by atoms with E-state index in [2.05, 4.69) is 0 Å². The number of carbonyl (C=O) groups is 1. The second-order valence-corrected chi connectivity index (χ2v) is 0.760. The molecule has 1 atom stereocenters. The van der Waals surface area contributed by atoms with E-state index in [9.17, 15) is 4.79 Å². The Bertz CT molecular complexity index is 124. The van der Waals surface area contributed by atoms with Crippen LogP contribution in [0.1, 0.15) is 11.0 Å². The largest absolute Gasteiger partial charge is 0.480 e. The van der Waals surface area contributed by atoms with Gasteiger partial charge in [0.25, 0.3) is 0 Å². The van der Waals surface area contributed by atoms with E-state index in [1.54, 1.807) is 0 Å². The first-order valence-corrected chi connectivity index (χ1v) is 1.26. The minimum atomic E-state index is -2.50.